The number of aryl methyl sites for hydroxylation is 2. The van der Waals surface area contributed by atoms with Crippen LogP contribution in [0.1, 0.15) is 105 Å². The van der Waals surface area contributed by atoms with Crippen LogP contribution in [-0.4, -0.2) is 78.4 Å². The number of esters is 1. The fourth-order valence-electron chi connectivity index (χ4n) is 4.72. The topological polar surface area (TPSA) is 191 Å². The zero-order valence-electron chi connectivity index (χ0n) is 38.6. The molecule has 14 nitrogen and oxygen atoms in total. The summed E-state index contributed by atoms with van der Waals surface area (Å²) < 4.78 is 27.9. The fraction of sp³-hybridized carbons (Fsp3) is 0.500. The molecule has 3 N–H and O–H groups in total. The minimum absolute atomic E-state index is 0. The summed E-state index contributed by atoms with van der Waals surface area (Å²) in [7, 11) is 0. The Morgan fingerprint density at radius 1 is 0.667 bits per heavy atom. The number of rotatable bonds is 17. The van der Waals surface area contributed by atoms with E-state index in [1.165, 1.54) is 0 Å². The number of hydrogen-bond acceptors (Lipinski definition) is 12. The first-order valence-electron chi connectivity index (χ1n) is 19.4. The van der Waals surface area contributed by atoms with Crippen molar-refractivity contribution in [2.24, 2.45) is 0 Å². The number of ether oxygens (including phenoxy) is 5. The maximum Gasteiger partial charge on any atom is 1.00 e. The Morgan fingerprint density at radius 2 is 1.05 bits per heavy atom. The number of amides is 2. The fourth-order valence-corrected chi connectivity index (χ4v) is 4.72. The Kier molecular flexibility index (Phi) is 32.6. The predicted molar refractivity (Wildman–Crippen MR) is 219 cm³/mol. The molecule has 0 bridgehead atoms. The summed E-state index contributed by atoms with van der Waals surface area (Å²) in [5.41, 5.74) is 1.61. The van der Waals surface area contributed by atoms with Gasteiger partial charge in [-0.25, -0.2) is 14.4 Å². The van der Waals surface area contributed by atoms with E-state index in [4.69, 9.17) is 33.7 Å². The van der Waals surface area contributed by atoms with Gasteiger partial charge in [-0.05, 0) is 130 Å². The van der Waals surface area contributed by atoms with Crippen molar-refractivity contribution in [1.29, 1.82) is 0 Å². The molecule has 0 unspecified atom stereocenters. The minimum atomic E-state index is -0.531. The van der Waals surface area contributed by atoms with Gasteiger partial charge in [-0.3, -0.25) is 4.79 Å². The summed E-state index contributed by atoms with van der Waals surface area (Å²) in [5, 5.41) is 23.5. The third kappa shape index (κ3) is 28.5. The average molecular weight is 891 g/mol. The van der Waals surface area contributed by atoms with Crippen molar-refractivity contribution >= 4 is 24.6 Å². The molecule has 0 heterocycles. The summed E-state index contributed by atoms with van der Waals surface area (Å²) in [4.78, 5) is 46.8. The average Bonchev–Trinajstić information content (AvgIpc) is 3.15. The van der Waals surface area contributed by atoms with E-state index in [0.717, 1.165) is 48.3 Å². The SMILES string of the molecule is C[C@@H](O)[C@@H](C)Oc1ccccc1CCCNC(=O)OC(C)(C)C.C[C@@H](OC(=O)c1ccccc1)[C@@H](C)Oc1ccccc1CCCNC(=O)OC(C)(C)C.O=CO[O-].[H-].[K+].[K+]. The number of aliphatic hydroxyl groups excluding tert-OH is 1. The maximum absolute atomic E-state index is 12.3. The summed E-state index contributed by atoms with van der Waals surface area (Å²) in [6.45, 7) is 19.1. The molecular weight excluding hydrogens is 827 g/mol. The van der Waals surface area contributed by atoms with Gasteiger partial charge >= 0.3 is 121 Å². The van der Waals surface area contributed by atoms with E-state index in [1.54, 1.807) is 31.2 Å². The van der Waals surface area contributed by atoms with E-state index in [9.17, 15) is 19.5 Å². The summed E-state index contributed by atoms with van der Waals surface area (Å²) in [6.07, 6.45) is 0.672. The predicted octanol–water partition coefficient (Wildman–Crippen LogP) is 1.00. The van der Waals surface area contributed by atoms with Gasteiger partial charge in [0.15, 0.2) is 0 Å². The molecule has 60 heavy (non-hydrogen) atoms. The van der Waals surface area contributed by atoms with Crippen molar-refractivity contribution in [2.45, 2.75) is 131 Å². The van der Waals surface area contributed by atoms with Crippen LogP contribution in [0, 0.1) is 0 Å². The molecule has 3 aromatic rings. The van der Waals surface area contributed by atoms with Gasteiger partial charge in [-0.15, -0.1) is 0 Å². The molecule has 3 aromatic carbocycles. The Labute approximate surface area is 442 Å². The molecule has 0 radical (unpaired) electrons. The number of hydrogen-bond donors (Lipinski definition) is 3. The molecule has 0 saturated heterocycles. The Bertz CT molecular complexity index is 1660. The second kappa shape index (κ2) is 32.6. The molecule has 0 saturated carbocycles. The number of carbonyl (C=O) groups excluding carboxylic acids is 4. The molecule has 324 valence electrons. The minimum Gasteiger partial charge on any atom is -1.00 e. The molecular formula is C44H64K2N2O12. The third-order valence-corrected chi connectivity index (χ3v) is 7.84. The van der Waals surface area contributed by atoms with E-state index < -0.39 is 35.6 Å². The molecule has 0 aliphatic heterocycles. The van der Waals surface area contributed by atoms with Gasteiger partial charge in [0.25, 0.3) is 6.47 Å². The van der Waals surface area contributed by atoms with E-state index >= 15 is 0 Å². The van der Waals surface area contributed by atoms with Crippen LogP contribution < -0.4 is 128 Å². The van der Waals surface area contributed by atoms with Crippen molar-refractivity contribution in [3.8, 4) is 11.5 Å². The van der Waals surface area contributed by atoms with Crippen LogP contribution in [0.25, 0.3) is 0 Å². The molecule has 0 aromatic heterocycles. The van der Waals surface area contributed by atoms with Crippen molar-refractivity contribution < 1.29 is 162 Å². The number of carbonyl (C=O) groups is 4. The summed E-state index contributed by atoms with van der Waals surface area (Å²) in [6, 6.07) is 24.4. The summed E-state index contributed by atoms with van der Waals surface area (Å²) in [5.74, 6) is 1.15. The van der Waals surface area contributed by atoms with Crippen molar-refractivity contribution in [2.75, 3.05) is 13.1 Å². The first-order valence-corrected chi connectivity index (χ1v) is 19.4. The molecule has 16 heteroatoms. The first kappa shape index (κ1) is 60.0. The zero-order chi connectivity index (χ0) is 43.7. The Balaban J connectivity index is -0.00000100. The first-order chi connectivity index (χ1) is 27.3. The van der Waals surface area contributed by atoms with Gasteiger partial charge < -0.3 is 51.0 Å². The van der Waals surface area contributed by atoms with Gasteiger partial charge in [0, 0.05) is 13.1 Å². The number of para-hydroxylation sites is 2. The van der Waals surface area contributed by atoms with Crippen LogP contribution in [0.15, 0.2) is 78.9 Å². The molecule has 3 rings (SSSR count). The molecule has 0 aliphatic rings. The summed E-state index contributed by atoms with van der Waals surface area (Å²) >= 11 is 0. The molecule has 0 spiro atoms. The van der Waals surface area contributed by atoms with Crippen LogP contribution in [0.5, 0.6) is 11.5 Å². The standard InChI is InChI=1S/C25H33NO5.C18H29NO4.CH2O3.2K.H/c1-18(19(2)30-23(27)21-13-7-6-8-14-21)29-22-16-10-9-12-20(22)15-11-17-26-24(28)31-25(3,4)5;1-13(20)14(2)22-16-11-7-6-9-15(16)10-8-12-19-17(21)23-18(3,4)5;2-1-4-3;;;/h6-10,12-14,16,18-19H,11,15,17H2,1-5H3,(H,26,28);6-7,9,11,13-14,20H,8,10,12H2,1-5H3,(H,19,21);1,3H;;;/q;;;2*+1;-1/p-1/t18-,19-;13-,14-;;;;/m11..../s1. The number of alkyl carbamates (subject to hydrolysis) is 2. The number of benzene rings is 3. The van der Waals surface area contributed by atoms with Crippen molar-refractivity contribution in [3.63, 3.8) is 0 Å². The van der Waals surface area contributed by atoms with E-state index in [-0.39, 0.29) is 129 Å². The van der Waals surface area contributed by atoms with Crippen LogP contribution >= 0.6 is 0 Å². The van der Waals surface area contributed by atoms with Gasteiger partial charge in [-0.1, -0.05) is 54.6 Å². The molecule has 2 amide bonds. The number of aliphatic hydroxyl groups is 1. The Hall–Kier alpha value is -2.07. The van der Waals surface area contributed by atoms with Crippen LogP contribution in [0.4, 0.5) is 9.59 Å². The quantitative estimate of drug-likeness (QED) is 0.0332. The normalized spacial score (nSPS) is 12.5. The van der Waals surface area contributed by atoms with Gasteiger partial charge in [0.1, 0.15) is 41.0 Å². The zero-order valence-corrected chi connectivity index (χ0v) is 43.8. The van der Waals surface area contributed by atoms with Crippen molar-refractivity contribution in [3.05, 3.63) is 95.6 Å². The van der Waals surface area contributed by atoms with Gasteiger partial charge in [0.2, 0.25) is 0 Å². The van der Waals surface area contributed by atoms with Gasteiger partial charge in [0.05, 0.1) is 11.7 Å². The molecule has 0 fully saturated rings. The van der Waals surface area contributed by atoms with Crippen molar-refractivity contribution in [1.82, 2.24) is 10.6 Å². The van der Waals surface area contributed by atoms with Crippen LogP contribution in [-0.2, 0) is 36.7 Å². The Morgan fingerprint density at radius 3 is 1.43 bits per heavy atom. The third-order valence-electron chi connectivity index (χ3n) is 7.84. The molecule has 0 aliphatic carbocycles. The smallest absolute Gasteiger partial charge is 1.00 e. The van der Waals surface area contributed by atoms with Crippen LogP contribution in [0.3, 0.4) is 0 Å². The monoisotopic (exact) mass is 890 g/mol. The second-order valence-corrected chi connectivity index (χ2v) is 15.3. The number of nitrogens with one attached hydrogen (secondary N) is 2. The maximum atomic E-state index is 12.3. The van der Waals surface area contributed by atoms with Gasteiger partial charge in [-0.2, -0.15) is 0 Å². The van der Waals surface area contributed by atoms with E-state index in [2.05, 4.69) is 15.5 Å². The van der Waals surface area contributed by atoms with E-state index in [1.807, 2.05) is 117 Å². The largest absolute Gasteiger partial charge is 1.00 e. The van der Waals surface area contributed by atoms with E-state index in [0.29, 0.717) is 18.7 Å². The van der Waals surface area contributed by atoms with Crippen LogP contribution in [0.2, 0.25) is 0 Å². The second-order valence-electron chi connectivity index (χ2n) is 15.3. The molecule has 4 atom stereocenters.